The third-order valence-electron chi connectivity index (χ3n) is 5.87. The first-order valence-electron chi connectivity index (χ1n) is 11.8. The Morgan fingerprint density at radius 2 is 1.89 bits per heavy atom. The predicted molar refractivity (Wildman–Crippen MR) is 143 cm³/mol. The zero-order valence-electron chi connectivity index (χ0n) is 19.9. The Labute approximate surface area is 210 Å². The molecule has 0 amide bonds. The predicted octanol–water partition coefficient (Wildman–Crippen LogP) is 4.56. The van der Waals surface area contributed by atoms with Crippen molar-refractivity contribution in [3.8, 4) is 5.75 Å². The highest BCUT2D eigenvalue weighted by atomic mass is 32.2. The smallest absolute Gasteiger partial charge is 0.191 e. The monoisotopic (exact) mass is 492 g/mol. The van der Waals surface area contributed by atoms with E-state index in [2.05, 4.69) is 34.6 Å². The van der Waals surface area contributed by atoms with E-state index in [0.717, 1.165) is 38.6 Å². The maximum Gasteiger partial charge on any atom is 0.191 e. The van der Waals surface area contributed by atoms with Crippen molar-refractivity contribution in [3.63, 3.8) is 0 Å². The van der Waals surface area contributed by atoms with Crippen LogP contribution in [0.3, 0.4) is 0 Å². The van der Waals surface area contributed by atoms with Crippen LogP contribution in [-0.2, 0) is 4.74 Å². The molecule has 9 heteroatoms. The van der Waals surface area contributed by atoms with Gasteiger partial charge in [0, 0.05) is 49.9 Å². The fourth-order valence-electron chi connectivity index (χ4n) is 3.84. The number of thioether (sulfide) groups is 1. The molecule has 8 nitrogen and oxygen atoms in total. The average molecular weight is 493 g/mol. The number of aromatic hydroxyl groups is 1. The Bertz CT molecular complexity index is 1110. The van der Waals surface area contributed by atoms with Crippen molar-refractivity contribution in [2.45, 2.75) is 18.0 Å². The van der Waals surface area contributed by atoms with Crippen molar-refractivity contribution in [2.75, 3.05) is 55.8 Å². The van der Waals surface area contributed by atoms with E-state index in [1.807, 2.05) is 24.3 Å². The van der Waals surface area contributed by atoms with Gasteiger partial charge >= 0.3 is 0 Å². The molecule has 2 heterocycles. The zero-order chi connectivity index (χ0) is 24.5. The summed E-state index contributed by atoms with van der Waals surface area (Å²) in [6, 6.07) is 17.2. The molecule has 1 aromatic heterocycles. The van der Waals surface area contributed by atoms with Crippen LogP contribution in [0.4, 0.5) is 17.3 Å². The van der Waals surface area contributed by atoms with E-state index < -0.39 is 0 Å². The van der Waals surface area contributed by atoms with Crippen LogP contribution < -0.4 is 10.6 Å². The van der Waals surface area contributed by atoms with Crippen molar-refractivity contribution in [1.29, 1.82) is 5.41 Å². The Morgan fingerprint density at radius 1 is 1.11 bits per heavy atom. The standard InChI is InChI=1S/C26H32N6O2S/c1-19(20-6-3-2-4-7-20)18-28-24-23(17-27)25(29-21-8-5-9-22(33)16-21)31-26(30-24)35-15-12-32-10-13-34-14-11-32/h2-9,16-17,19,27,33H,10-15,18H2,1H3,(H2,28,29,30,31). The molecule has 1 fully saturated rings. The molecule has 184 valence electrons. The molecule has 0 aliphatic carbocycles. The molecule has 1 aliphatic rings. The number of ether oxygens (including phenoxy) is 1. The number of benzene rings is 2. The van der Waals surface area contributed by atoms with Crippen molar-refractivity contribution in [1.82, 2.24) is 14.9 Å². The molecule has 4 rings (SSSR count). The highest BCUT2D eigenvalue weighted by Gasteiger charge is 2.16. The Kier molecular flexibility index (Phi) is 8.94. The lowest BCUT2D eigenvalue weighted by Crippen LogP contribution is -2.37. The first kappa shape index (κ1) is 25.0. The van der Waals surface area contributed by atoms with Crippen LogP contribution in [0.25, 0.3) is 0 Å². The summed E-state index contributed by atoms with van der Waals surface area (Å²) >= 11 is 1.60. The molecule has 0 radical (unpaired) electrons. The normalized spacial score (nSPS) is 14.9. The molecule has 3 aromatic rings. The Morgan fingerprint density at radius 3 is 2.63 bits per heavy atom. The van der Waals surface area contributed by atoms with Gasteiger partial charge < -0.3 is 25.9 Å². The van der Waals surface area contributed by atoms with Gasteiger partial charge in [-0.25, -0.2) is 9.97 Å². The van der Waals surface area contributed by atoms with Crippen LogP contribution in [0.2, 0.25) is 0 Å². The van der Waals surface area contributed by atoms with E-state index in [1.165, 1.54) is 11.8 Å². The minimum Gasteiger partial charge on any atom is -0.508 e. The number of aromatic nitrogens is 2. The highest BCUT2D eigenvalue weighted by Crippen LogP contribution is 2.28. The number of hydrogen-bond acceptors (Lipinski definition) is 9. The van der Waals surface area contributed by atoms with Crippen LogP contribution in [0.1, 0.15) is 24.0 Å². The lowest BCUT2D eigenvalue weighted by atomic mass is 10.0. The van der Waals surface area contributed by atoms with E-state index in [-0.39, 0.29) is 11.7 Å². The second-order valence-electron chi connectivity index (χ2n) is 8.43. The van der Waals surface area contributed by atoms with Gasteiger partial charge in [-0.15, -0.1) is 0 Å². The van der Waals surface area contributed by atoms with Crippen LogP contribution in [-0.4, -0.2) is 71.3 Å². The molecule has 1 aliphatic heterocycles. The van der Waals surface area contributed by atoms with E-state index >= 15 is 0 Å². The van der Waals surface area contributed by atoms with Crippen LogP contribution in [0.5, 0.6) is 5.75 Å². The second kappa shape index (κ2) is 12.5. The van der Waals surface area contributed by atoms with Crippen molar-refractivity contribution in [3.05, 3.63) is 65.7 Å². The molecule has 35 heavy (non-hydrogen) atoms. The third kappa shape index (κ3) is 7.17. The minimum absolute atomic E-state index is 0.163. The van der Waals surface area contributed by atoms with Gasteiger partial charge in [-0.1, -0.05) is 55.1 Å². The summed E-state index contributed by atoms with van der Waals surface area (Å²) in [5.74, 6) is 2.44. The molecule has 2 aromatic carbocycles. The quantitative estimate of drug-likeness (QED) is 0.175. The molecule has 1 unspecified atom stereocenters. The number of rotatable bonds is 11. The second-order valence-corrected chi connectivity index (χ2v) is 9.49. The molecule has 0 spiro atoms. The minimum atomic E-state index is 0.163. The number of phenols is 1. The maximum atomic E-state index is 9.87. The van der Waals surface area contributed by atoms with Crippen LogP contribution in [0, 0.1) is 5.41 Å². The third-order valence-corrected chi connectivity index (χ3v) is 6.69. The van der Waals surface area contributed by atoms with Gasteiger partial charge in [0.15, 0.2) is 5.16 Å². The molecular weight excluding hydrogens is 460 g/mol. The van der Waals surface area contributed by atoms with Gasteiger partial charge in [0.2, 0.25) is 0 Å². The van der Waals surface area contributed by atoms with E-state index in [1.54, 1.807) is 30.0 Å². The van der Waals surface area contributed by atoms with Crippen molar-refractivity contribution >= 4 is 35.3 Å². The first-order valence-corrected chi connectivity index (χ1v) is 12.8. The summed E-state index contributed by atoms with van der Waals surface area (Å²) in [5, 5.41) is 25.3. The summed E-state index contributed by atoms with van der Waals surface area (Å²) in [7, 11) is 0. The largest absolute Gasteiger partial charge is 0.508 e. The Balaban J connectivity index is 1.54. The highest BCUT2D eigenvalue weighted by molar-refractivity contribution is 7.99. The summed E-state index contributed by atoms with van der Waals surface area (Å²) in [4.78, 5) is 11.9. The van der Waals surface area contributed by atoms with Crippen molar-refractivity contribution < 1.29 is 9.84 Å². The number of nitrogens with zero attached hydrogens (tertiary/aromatic N) is 3. The fourth-order valence-corrected chi connectivity index (χ4v) is 4.68. The number of nitrogens with one attached hydrogen (secondary N) is 3. The van der Waals surface area contributed by atoms with E-state index in [9.17, 15) is 5.11 Å². The average Bonchev–Trinajstić information content (AvgIpc) is 2.88. The summed E-state index contributed by atoms with van der Waals surface area (Å²) in [5.41, 5.74) is 2.51. The van der Waals surface area contributed by atoms with Gasteiger partial charge in [0.1, 0.15) is 17.4 Å². The molecule has 1 atom stereocenters. The molecule has 0 bridgehead atoms. The molecule has 0 saturated carbocycles. The number of anilines is 3. The van der Waals surface area contributed by atoms with Gasteiger partial charge in [-0.3, -0.25) is 4.90 Å². The van der Waals surface area contributed by atoms with Crippen molar-refractivity contribution in [2.24, 2.45) is 0 Å². The first-order chi connectivity index (χ1) is 17.1. The van der Waals surface area contributed by atoms with Gasteiger partial charge in [-0.2, -0.15) is 0 Å². The number of morpholine rings is 1. The van der Waals surface area contributed by atoms with Gasteiger partial charge in [-0.05, 0) is 23.6 Å². The lowest BCUT2D eigenvalue weighted by Gasteiger charge is -2.26. The lowest BCUT2D eigenvalue weighted by molar-refractivity contribution is 0.0410. The number of phenolic OH excluding ortho intramolecular Hbond substituents is 1. The van der Waals surface area contributed by atoms with Gasteiger partial charge in [0.05, 0.1) is 18.8 Å². The summed E-state index contributed by atoms with van der Waals surface area (Å²) < 4.78 is 5.44. The van der Waals surface area contributed by atoms with E-state index in [4.69, 9.17) is 20.1 Å². The number of hydrogen-bond donors (Lipinski definition) is 4. The topological polar surface area (TPSA) is 106 Å². The maximum absolute atomic E-state index is 9.87. The van der Waals surface area contributed by atoms with Crippen LogP contribution in [0.15, 0.2) is 59.8 Å². The SMILES string of the molecule is CC(CNc1nc(SCCN2CCOCC2)nc(Nc2cccc(O)c2)c1C=N)c1ccccc1. The zero-order valence-corrected chi connectivity index (χ0v) is 20.7. The van der Waals surface area contributed by atoms with Gasteiger partial charge in [0.25, 0.3) is 0 Å². The molecule has 4 N–H and O–H groups in total. The van der Waals surface area contributed by atoms with E-state index in [0.29, 0.717) is 34.6 Å². The molecule has 1 saturated heterocycles. The Hall–Kier alpha value is -3.14. The summed E-state index contributed by atoms with van der Waals surface area (Å²) in [6.45, 7) is 7.22. The fraction of sp³-hybridized carbons (Fsp3) is 0.346. The van der Waals surface area contributed by atoms with Crippen LogP contribution >= 0.6 is 11.8 Å². The summed E-state index contributed by atoms with van der Waals surface area (Å²) in [6.07, 6.45) is 1.27. The molecular formula is C26H32N6O2S.